The highest BCUT2D eigenvalue weighted by atomic mass is 16.6. The molecule has 8 nitrogen and oxygen atoms in total. The van der Waals surface area contributed by atoms with Crippen LogP contribution >= 0.6 is 0 Å². The van der Waals surface area contributed by atoms with Gasteiger partial charge in [-0.05, 0) is 5.56 Å². The number of hydrogen-bond donors (Lipinski definition) is 1. The predicted octanol–water partition coefficient (Wildman–Crippen LogP) is 3.01. The number of benzene rings is 1. The number of cyclic esters (lactones) is 2. The minimum absolute atomic E-state index is 0.0133. The Hall–Kier alpha value is -2.97. The van der Waals surface area contributed by atoms with Gasteiger partial charge in [-0.2, -0.15) is 0 Å². The fourth-order valence-electron chi connectivity index (χ4n) is 3.68. The van der Waals surface area contributed by atoms with Crippen molar-refractivity contribution in [3.05, 3.63) is 60.2 Å². The molecule has 0 radical (unpaired) electrons. The maximum Gasteiger partial charge on any atom is 0.329 e. The van der Waals surface area contributed by atoms with Gasteiger partial charge in [0.2, 0.25) is 5.91 Å². The number of carbonyl (C=O) groups is 3. The van der Waals surface area contributed by atoms with Gasteiger partial charge in [-0.15, -0.1) is 0 Å². The first-order valence-electron chi connectivity index (χ1n) is 11.9. The number of amides is 1. The largest absolute Gasteiger partial charge is 0.463 e. The van der Waals surface area contributed by atoms with Crippen LogP contribution in [0.4, 0.5) is 0 Å². The van der Waals surface area contributed by atoms with Crippen molar-refractivity contribution in [1.82, 2.24) is 5.32 Å². The van der Waals surface area contributed by atoms with E-state index in [1.807, 2.05) is 56.3 Å². The molecule has 0 unspecified atom stereocenters. The van der Waals surface area contributed by atoms with E-state index >= 15 is 0 Å². The van der Waals surface area contributed by atoms with Gasteiger partial charge < -0.3 is 24.3 Å². The molecule has 192 valence electrons. The lowest BCUT2D eigenvalue weighted by Gasteiger charge is -2.22. The molecular formula is C27H37NO7. The third kappa shape index (κ3) is 10.0. The summed E-state index contributed by atoms with van der Waals surface area (Å²) in [7, 11) is 3.09. The lowest BCUT2D eigenvalue weighted by molar-refractivity contribution is -0.151. The van der Waals surface area contributed by atoms with Crippen molar-refractivity contribution in [2.45, 2.75) is 51.4 Å². The third-order valence-corrected chi connectivity index (χ3v) is 5.95. The van der Waals surface area contributed by atoms with Crippen molar-refractivity contribution in [1.29, 1.82) is 0 Å². The average Bonchev–Trinajstić information content (AvgIpc) is 2.84. The summed E-state index contributed by atoms with van der Waals surface area (Å²) in [5, 5.41) is 2.80. The van der Waals surface area contributed by atoms with Crippen molar-refractivity contribution >= 4 is 17.8 Å². The summed E-state index contributed by atoms with van der Waals surface area (Å²) >= 11 is 0. The number of rotatable bonds is 4. The van der Waals surface area contributed by atoms with Crippen molar-refractivity contribution in [2.24, 2.45) is 11.8 Å². The molecule has 0 aromatic heterocycles. The van der Waals surface area contributed by atoms with E-state index in [1.54, 1.807) is 19.3 Å². The summed E-state index contributed by atoms with van der Waals surface area (Å²) in [5.41, 5.74) is 0.907. The van der Waals surface area contributed by atoms with Gasteiger partial charge >= 0.3 is 11.9 Å². The highest BCUT2D eigenvalue weighted by Gasteiger charge is 2.25. The summed E-state index contributed by atoms with van der Waals surface area (Å²) in [6, 6.07) is 8.61. The van der Waals surface area contributed by atoms with Gasteiger partial charge in [0.1, 0.15) is 19.3 Å². The highest BCUT2D eigenvalue weighted by molar-refractivity contribution is 5.85. The lowest BCUT2D eigenvalue weighted by Crippen LogP contribution is -2.44. The Morgan fingerprint density at radius 1 is 0.857 bits per heavy atom. The van der Waals surface area contributed by atoms with E-state index in [0.29, 0.717) is 6.42 Å². The van der Waals surface area contributed by atoms with E-state index in [2.05, 4.69) is 5.32 Å². The molecule has 0 saturated heterocycles. The zero-order valence-corrected chi connectivity index (χ0v) is 21.0. The fraction of sp³-hybridized carbons (Fsp3) is 0.519. The quantitative estimate of drug-likeness (QED) is 0.515. The van der Waals surface area contributed by atoms with Crippen LogP contribution in [0.15, 0.2) is 54.6 Å². The summed E-state index contributed by atoms with van der Waals surface area (Å²) < 4.78 is 21.8. The van der Waals surface area contributed by atoms with Crippen LogP contribution in [0.1, 0.15) is 32.3 Å². The minimum Gasteiger partial charge on any atom is -0.463 e. The second-order valence-electron chi connectivity index (χ2n) is 8.65. The fourth-order valence-corrected chi connectivity index (χ4v) is 3.68. The molecule has 0 spiro atoms. The van der Waals surface area contributed by atoms with Crippen molar-refractivity contribution < 1.29 is 33.3 Å². The van der Waals surface area contributed by atoms with Gasteiger partial charge in [0, 0.05) is 38.9 Å². The Balaban J connectivity index is 2.21. The van der Waals surface area contributed by atoms with E-state index in [4.69, 9.17) is 18.9 Å². The molecule has 2 rings (SSSR count). The number of nitrogens with one attached hydrogen (secondary N) is 1. The first-order valence-corrected chi connectivity index (χ1v) is 11.9. The topological polar surface area (TPSA) is 100 Å². The third-order valence-electron chi connectivity index (χ3n) is 5.95. The summed E-state index contributed by atoms with van der Waals surface area (Å²) in [4.78, 5) is 37.7. The van der Waals surface area contributed by atoms with Crippen molar-refractivity contribution in [2.75, 3.05) is 27.4 Å². The molecule has 1 aliphatic heterocycles. The van der Waals surface area contributed by atoms with Crippen LogP contribution in [0.3, 0.4) is 0 Å². The van der Waals surface area contributed by atoms with Crippen LogP contribution < -0.4 is 5.32 Å². The maximum atomic E-state index is 12.9. The normalized spacial score (nSPS) is 29.5. The van der Waals surface area contributed by atoms with E-state index in [1.165, 1.54) is 7.11 Å². The van der Waals surface area contributed by atoms with Crippen LogP contribution in [0, 0.1) is 11.8 Å². The number of esters is 2. The van der Waals surface area contributed by atoms with Gasteiger partial charge in [-0.1, -0.05) is 68.5 Å². The van der Waals surface area contributed by atoms with Crippen LogP contribution in [0.25, 0.3) is 0 Å². The Morgan fingerprint density at radius 2 is 1.43 bits per heavy atom. The van der Waals surface area contributed by atoms with Gasteiger partial charge in [-0.3, -0.25) is 9.59 Å². The molecule has 1 aromatic rings. The lowest BCUT2D eigenvalue weighted by atomic mass is 10.0. The second kappa shape index (κ2) is 15.1. The number of methoxy groups -OCH3 is 2. The molecule has 8 heteroatoms. The monoisotopic (exact) mass is 487 g/mol. The van der Waals surface area contributed by atoms with Gasteiger partial charge in [0.25, 0.3) is 0 Å². The molecule has 0 fully saturated rings. The molecular weight excluding hydrogens is 450 g/mol. The van der Waals surface area contributed by atoms with Crippen LogP contribution in [-0.2, 0) is 39.8 Å². The van der Waals surface area contributed by atoms with E-state index in [0.717, 1.165) is 5.56 Å². The predicted molar refractivity (Wildman–Crippen MR) is 131 cm³/mol. The van der Waals surface area contributed by atoms with Crippen LogP contribution in [0.5, 0.6) is 0 Å². The highest BCUT2D eigenvalue weighted by Crippen LogP contribution is 2.14. The second-order valence-corrected chi connectivity index (χ2v) is 8.65. The molecule has 1 aliphatic rings. The van der Waals surface area contributed by atoms with E-state index in [9.17, 15) is 14.4 Å². The molecule has 1 heterocycles. The molecule has 0 aliphatic carbocycles. The molecule has 1 N–H and O–H groups in total. The number of ether oxygens (including phenoxy) is 4. The molecule has 0 bridgehead atoms. The molecule has 35 heavy (non-hydrogen) atoms. The van der Waals surface area contributed by atoms with Crippen molar-refractivity contribution in [3.63, 3.8) is 0 Å². The standard InChI is InChI=1S/C27H37NO7/c1-19-10-8-14-25(29)28-22(16-21-12-6-5-7-13-21)27(31)35-18-24(33-4)20(2)11-9-15-26(30)34-17-23(19)32-3/h5-13,19-20,22-24H,14-18H2,1-4H3,(H,28,29)/b10-8+,11-9+/t19-,20-,22+,23-,24-/m1/s1. The maximum absolute atomic E-state index is 12.9. The van der Waals surface area contributed by atoms with E-state index < -0.39 is 18.1 Å². The molecule has 1 aromatic carbocycles. The van der Waals surface area contributed by atoms with Crippen molar-refractivity contribution in [3.8, 4) is 0 Å². The molecule has 1 amide bonds. The van der Waals surface area contributed by atoms with Gasteiger partial charge in [0.05, 0.1) is 18.6 Å². The Labute approximate surface area is 207 Å². The van der Waals surface area contributed by atoms with Gasteiger partial charge in [0.15, 0.2) is 0 Å². The zero-order chi connectivity index (χ0) is 25.6. The molecule has 5 atom stereocenters. The Morgan fingerprint density at radius 3 is 2.03 bits per heavy atom. The Kier molecular flexibility index (Phi) is 12.2. The average molecular weight is 488 g/mol. The summed E-state index contributed by atoms with van der Waals surface area (Å²) in [5.74, 6) is -1.41. The smallest absolute Gasteiger partial charge is 0.329 e. The van der Waals surface area contributed by atoms with E-state index in [-0.39, 0.29) is 55.9 Å². The minimum atomic E-state index is -0.834. The first-order chi connectivity index (χ1) is 16.8. The molecule has 0 saturated carbocycles. The zero-order valence-electron chi connectivity index (χ0n) is 21.0. The number of hydrogen-bond acceptors (Lipinski definition) is 7. The summed E-state index contributed by atoms with van der Waals surface area (Å²) in [6.45, 7) is 3.95. The number of carbonyl (C=O) groups excluding carboxylic acids is 3. The summed E-state index contributed by atoms with van der Waals surface area (Å²) in [6.07, 6.45) is 6.86. The Bertz CT molecular complexity index is 868. The van der Waals surface area contributed by atoms with Crippen LogP contribution in [-0.4, -0.2) is 63.5 Å². The SMILES string of the molecule is CO[C@@H]1COC(=O)C/C=C/[C@@H](C)[C@H](OC)COC(=O)[C@H](Cc2ccccc2)NC(=O)C/C=C/[C@H]1C. The van der Waals surface area contributed by atoms with Crippen LogP contribution in [0.2, 0.25) is 0 Å². The van der Waals surface area contributed by atoms with Gasteiger partial charge in [-0.25, -0.2) is 4.79 Å². The first kappa shape index (κ1) is 28.3.